The summed E-state index contributed by atoms with van der Waals surface area (Å²) >= 11 is 4.79. The second-order valence-corrected chi connectivity index (χ2v) is 1.51. The summed E-state index contributed by atoms with van der Waals surface area (Å²) in [5, 5.41) is 0. The predicted octanol–water partition coefficient (Wildman–Crippen LogP) is 2.64. The van der Waals surface area contributed by atoms with Crippen LogP contribution in [0.5, 0.6) is 0 Å². The number of hydrogen-bond acceptors (Lipinski definition) is 0. The van der Waals surface area contributed by atoms with Crippen LogP contribution in [0.3, 0.4) is 0 Å². The summed E-state index contributed by atoms with van der Waals surface area (Å²) in [6.07, 6.45) is -4.61. The van der Waals surface area contributed by atoms with E-state index in [0.717, 1.165) is 0 Å². The maximum absolute atomic E-state index is 11.6. The summed E-state index contributed by atoms with van der Waals surface area (Å²) in [5.74, 6) is -2.61. The zero-order valence-electron chi connectivity index (χ0n) is 4.17. The van der Waals surface area contributed by atoms with Gasteiger partial charge in [0.15, 0.2) is 0 Å². The Kier molecular flexibility index (Phi) is 2.97. The van der Waals surface area contributed by atoms with E-state index in [-0.39, 0.29) is 6.08 Å². The first-order valence-corrected chi connectivity index (χ1v) is 2.50. The van der Waals surface area contributed by atoms with Gasteiger partial charge in [0.1, 0.15) is 0 Å². The van der Waals surface area contributed by atoms with Crippen LogP contribution < -0.4 is 0 Å². The van der Waals surface area contributed by atoms with Crippen molar-refractivity contribution in [2.75, 3.05) is 5.88 Å². The fourth-order valence-corrected chi connectivity index (χ4v) is 0.319. The number of alkyl halides is 4. The van der Waals surface area contributed by atoms with Crippen molar-refractivity contribution in [2.45, 2.75) is 6.18 Å². The highest BCUT2D eigenvalue weighted by molar-refractivity contribution is 6.18. The van der Waals surface area contributed by atoms with Gasteiger partial charge in [-0.15, -0.1) is 11.6 Å². The van der Waals surface area contributed by atoms with Gasteiger partial charge in [0.2, 0.25) is 5.83 Å². The fraction of sp³-hybridized carbons (Fsp3) is 0.500. The molecule has 0 N–H and O–H groups in total. The maximum atomic E-state index is 11.6. The van der Waals surface area contributed by atoms with E-state index in [9.17, 15) is 17.6 Å². The zero-order chi connectivity index (χ0) is 7.49. The van der Waals surface area contributed by atoms with Crippen molar-refractivity contribution in [1.29, 1.82) is 0 Å². The Labute approximate surface area is 54.1 Å². The smallest absolute Gasteiger partial charge is 0.202 e. The molecule has 0 aliphatic rings. The summed E-state index contributed by atoms with van der Waals surface area (Å²) in [6, 6.07) is 0. The minimum atomic E-state index is -4.88. The van der Waals surface area contributed by atoms with Gasteiger partial charge in [-0.3, -0.25) is 0 Å². The van der Waals surface area contributed by atoms with Crippen molar-refractivity contribution >= 4 is 11.6 Å². The van der Waals surface area contributed by atoms with Crippen molar-refractivity contribution < 1.29 is 17.6 Å². The average molecular weight is 163 g/mol. The molecule has 0 fully saturated rings. The lowest BCUT2D eigenvalue weighted by molar-refractivity contribution is -0.108. The SMILES string of the molecule is F/C(=C/CCl)C(F)(F)F. The molecule has 0 aromatic carbocycles. The molecule has 0 nitrogen and oxygen atoms in total. The van der Waals surface area contributed by atoms with Crippen LogP contribution in [0.2, 0.25) is 0 Å². The van der Waals surface area contributed by atoms with Crippen molar-refractivity contribution in [1.82, 2.24) is 0 Å². The third kappa shape index (κ3) is 3.35. The van der Waals surface area contributed by atoms with Crippen molar-refractivity contribution in [2.24, 2.45) is 0 Å². The second kappa shape index (κ2) is 3.06. The number of halogens is 5. The first-order chi connectivity index (χ1) is 3.98. The third-order valence-corrected chi connectivity index (χ3v) is 0.681. The summed E-state index contributed by atoms with van der Waals surface area (Å²) in [6.45, 7) is 0. The Morgan fingerprint density at radius 1 is 1.44 bits per heavy atom. The van der Waals surface area contributed by atoms with E-state index in [0.29, 0.717) is 0 Å². The zero-order valence-corrected chi connectivity index (χ0v) is 4.93. The highest BCUT2D eigenvalue weighted by atomic mass is 35.5. The maximum Gasteiger partial charge on any atom is 0.442 e. The Balaban J connectivity index is 4.03. The molecule has 0 bridgehead atoms. The Bertz CT molecular complexity index is 114. The van der Waals surface area contributed by atoms with Crippen molar-refractivity contribution in [3.8, 4) is 0 Å². The third-order valence-electron chi connectivity index (χ3n) is 0.527. The van der Waals surface area contributed by atoms with E-state index >= 15 is 0 Å². The molecule has 0 unspecified atom stereocenters. The van der Waals surface area contributed by atoms with Gasteiger partial charge in [-0.2, -0.15) is 13.2 Å². The lowest BCUT2D eigenvalue weighted by atomic mass is 10.5. The van der Waals surface area contributed by atoms with Gasteiger partial charge in [0.05, 0.1) is 0 Å². The van der Waals surface area contributed by atoms with Gasteiger partial charge in [0, 0.05) is 5.88 Å². The first-order valence-electron chi connectivity index (χ1n) is 1.97. The van der Waals surface area contributed by atoms with E-state index in [1.54, 1.807) is 0 Å². The van der Waals surface area contributed by atoms with E-state index < -0.39 is 17.9 Å². The van der Waals surface area contributed by atoms with Crippen LogP contribution in [0.4, 0.5) is 17.6 Å². The fourth-order valence-electron chi connectivity index (χ4n) is 0.183. The molecule has 9 heavy (non-hydrogen) atoms. The minimum Gasteiger partial charge on any atom is -0.202 e. The molecule has 54 valence electrons. The summed E-state index contributed by atoms with van der Waals surface area (Å²) in [4.78, 5) is 0. The number of allylic oxidation sites excluding steroid dienone is 2. The molecule has 0 amide bonds. The van der Waals surface area contributed by atoms with Crippen LogP contribution in [0.15, 0.2) is 11.9 Å². The molecule has 0 spiro atoms. The van der Waals surface area contributed by atoms with Crippen molar-refractivity contribution in [3.05, 3.63) is 11.9 Å². The molecular weight excluding hydrogens is 159 g/mol. The van der Waals surface area contributed by atoms with Crippen LogP contribution in [0, 0.1) is 0 Å². The molecule has 0 aliphatic carbocycles. The van der Waals surface area contributed by atoms with Gasteiger partial charge < -0.3 is 0 Å². The molecule has 0 radical (unpaired) electrons. The van der Waals surface area contributed by atoms with Gasteiger partial charge >= 0.3 is 6.18 Å². The van der Waals surface area contributed by atoms with E-state index in [4.69, 9.17) is 11.6 Å². The second-order valence-electron chi connectivity index (χ2n) is 1.20. The molecular formula is C4H3ClF4. The number of hydrogen-bond donors (Lipinski definition) is 0. The molecule has 0 aromatic rings. The highest BCUT2D eigenvalue weighted by Gasteiger charge is 2.33. The average Bonchev–Trinajstić information content (AvgIpc) is 1.64. The standard InChI is InChI=1S/C4H3ClF4/c5-2-1-3(6)4(7,8)9/h1H,2H2/b3-1+. The van der Waals surface area contributed by atoms with Crippen LogP contribution in [0.1, 0.15) is 0 Å². The summed E-state index contributed by atoms with van der Waals surface area (Å²) < 4.78 is 45.0. The van der Waals surface area contributed by atoms with Gasteiger partial charge in [-0.05, 0) is 6.08 Å². The summed E-state index contributed by atoms with van der Waals surface area (Å²) in [5.41, 5.74) is 0. The molecule has 5 heteroatoms. The van der Waals surface area contributed by atoms with Gasteiger partial charge in [-0.25, -0.2) is 4.39 Å². The van der Waals surface area contributed by atoms with Crippen LogP contribution >= 0.6 is 11.6 Å². The molecule has 0 aromatic heterocycles. The lowest BCUT2D eigenvalue weighted by Gasteiger charge is -1.99. The largest absolute Gasteiger partial charge is 0.442 e. The Morgan fingerprint density at radius 2 is 1.89 bits per heavy atom. The number of rotatable bonds is 1. The van der Waals surface area contributed by atoms with Crippen LogP contribution in [-0.4, -0.2) is 12.1 Å². The van der Waals surface area contributed by atoms with Crippen LogP contribution in [0.25, 0.3) is 0 Å². The molecule has 0 aliphatic heterocycles. The molecule has 0 saturated carbocycles. The monoisotopic (exact) mass is 162 g/mol. The predicted molar refractivity (Wildman–Crippen MR) is 26.0 cm³/mol. The Hall–Kier alpha value is -0.250. The van der Waals surface area contributed by atoms with E-state index in [2.05, 4.69) is 0 Å². The normalized spacial score (nSPS) is 14.1. The van der Waals surface area contributed by atoms with Crippen LogP contribution in [-0.2, 0) is 0 Å². The van der Waals surface area contributed by atoms with Gasteiger partial charge in [0.25, 0.3) is 0 Å². The molecule has 0 atom stereocenters. The topological polar surface area (TPSA) is 0 Å². The molecule has 0 rings (SSSR count). The van der Waals surface area contributed by atoms with Gasteiger partial charge in [-0.1, -0.05) is 0 Å². The minimum absolute atomic E-state index is 0.265. The first kappa shape index (κ1) is 8.75. The Morgan fingerprint density at radius 3 is 2.00 bits per heavy atom. The quantitative estimate of drug-likeness (QED) is 0.411. The molecule has 0 heterocycles. The highest BCUT2D eigenvalue weighted by Crippen LogP contribution is 2.25. The van der Waals surface area contributed by atoms with E-state index in [1.165, 1.54) is 0 Å². The van der Waals surface area contributed by atoms with E-state index in [1.807, 2.05) is 0 Å². The summed E-state index contributed by atoms with van der Waals surface area (Å²) in [7, 11) is 0. The molecule has 0 saturated heterocycles. The lowest BCUT2D eigenvalue weighted by Crippen LogP contribution is -2.07. The van der Waals surface area contributed by atoms with Crippen molar-refractivity contribution in [3.63, 3.8) is 0 Å².